The number of halogens is 2. The fourth-order valence-corrected chi connectivity index (χ4v) is 1.63. The predicted octanol–water partition coefficient (Wildman–Crippen LogP) is 3.00. The summed E-state index contributed by atoms with van der Waals surface area (Å²) in [6.45, 7) is 0. The average molecular weight is 269 g/mol. The Bertz CT molecular complexity index is 526. The number of para-hydroxylation sites is 1. The van der Waals surface area contributed by atoms with Gasteiger partial charge in [0.1, 0.15) is 27.9 Å². The molecule has 17 heavy (non-hydrogen) atoms. The second-order valence-electron chi connectivity index (χ2n) is 3.03. The fraction of sp³-hybridized carbons (Fsp3) is 0. The van der Waals surface area contributed by atoms with Gasteiger partial charge in [0.25, 0.3) is 0 Å². The molecule has 0 aliphatic carbocycles. The summed E-state index contributed by atoms with van der Waals surface area (Å²) in [7, 11) is 0. The van der Waals surface area contributed by atoms with Crippen LogP contribution in [0, 0.1) is 0 Å². The molecule has 1 aromatic heterocycles. The van der Waals surface area contributed by atoms with Crippen molar-refractivity contribution in [1.29, 1.82) is 0 Å². The maximum atomic E-state index is 11.8. The van der Waals surface area contributed by atoms with Crippen molar-refractivity contribution in [2.45, 2.75) is 0 Å². The molecule has 0 atom stereocenters. The van der Waals surface area contributed by atoms with E-state index in [0.717, 1.165) is 0 Å². The lowest BCUT2D eigenvalue weighted by Gasteiger charge is -2.05. The molecule has 4 nitrogen and oxygen atoms in total. The standard InChI is InChI=1S/C11H6Cl2N2O2/c12-9-8(10(13)15-6-14-9)11(16)17-7-4-2-1-3-5-7/h1-6H. The lowest BCUT2D eigenvalue weighted by molar-refractivity contribution is 0.0734. The minimum Gasteiger partial charge on any atom is -0.423 e. The highest BCUT2D eigenvalue weighted by atomic mass is 35.5. The van der Waals surface area contributed by atoms with Crippen LogP contribution in [0.25, 0.3) is 0 Å². The summed E-state index contributed by atoms with van der Waals surface area (Å²) in [4.78, 5) is 19.1. The zero-order valence-corrected chi connectivity index (χ0v) is 9.94. The molecular formula is C11H6Cl2N2O2. The highest BCUT2D eigenvalue weighted by Crippen LogP contribution is 2.21. The quantitative estimate of drug-likeness (QED) is 0.477. The van der Waals surface area contributed by atoms with Crippen LogP contribution in [0.1, 0.15) is 10.4 Å². The largest absolute Gasteiger partial charge is 0.423 e. The van der Waals surface area contributed by atoms with Crippen LogP contribution in [0.5, 0.6) is 5.75 Å². The summed E-state index contributed by atoms with van der Waals surface area (Å²) in [5, 5.41) is -0.0723. The van der Waals surface area contributed by atoms with Crippen molar-refractivity contribution in [2.75, 3.05) is 0 Å². The lowest BCUT2D eigenvalue weighted by Crippen LogP contribution is -2.11. The first-order valence-corrected chi connectivity index (χ1v) is 5.37. The Labute approximate surface area is 107 Å². The van der Waals surface area contributed by atoms with Crippen molar-refractivity contribution in [3.63, 3.8) is 0 Å². The number of esters is 1. The summed E-state index contributed by atoms with van der Waals surface area (Å²) in [5.74, 6) is -0.291. The Balaban J connectivity index is 2.27. The molecule has 2 aromatic rings. The molecule has 86 valence electrons. The maximum Gasteiger partial charge on any atom is 0.349 e. The van der Waals surface area contributed by atoms with Crippen molar-refractivity contribution in [1.82, 2.24) is 9.97 Å². The summed E-state index contributed by atoms with van der Waals surface area (Å²) in [5.41, 5.74) is -0.0420. The second kappa shape index (κ2) is 5.12. The van der Waals surface area contributed by atoms with Gasteiger partial charge < -0.3 is 4.74 Å². The smallest absolute Gasteiger partial charge is 0.349 e. The minimum absolute atomic E-state index is 0.0362. The van der Waals surface area contributed by atoms with Gasteiger partial charge in [-0.15, -0.1) is 0 Å². The predicted molar refractivity (Wildman–Crippen MR) is 63.5 cm³/mol. The van der Waals surface area contributed by atoms with Gasteiger partial charge in [-0.3, -0.25) is 0 Å². The SMILES string of the molecule is O=C(Oc1ccccc1)c1c(Cl)ncnc1Cl. The molecule has 0 spiro atoms. The summed E-state index contributed by atoms with van der Waals surface area (Å²) in [6.07, 6.45) is 1.17. The van der Waals surface area contributed by atoms with E-state index in [1.165, 1.54) is 6.33 Å². The Morgan fingerprint density at radius 2 is 1.65 bits per heavy atom. The number of rotatable bonds is 2. The Hall–Kier alpha value is -1.65. The normalized spacial score (nSPS) is 10.0. The van der Waals surface area contributed by atoms with Crippen LogP contribution in [0.15, 0.2) is 36.7 Å². The van der Waals surface area contributed by atoms with E-state index >= 15 is 0 Å². The first-order chi connectivity index (χ1) is 8.18. The van der Waals surface area contributed by atoms with Crippen LogP contribution in [0.3, 0.4) is 0 Å². The third kappa shape index (κ3) is 2.72. The molecular weight excluding hydrogens is 263 g/mol. The Morgan fingerprint density at radius 1 is 1.06 bits per heavy atom. The molecule has 1 heterocycles. The second-order valence-corrected chi connectivity index (χ2v) is 3.75. The lowest BCUT2D eigenvalue weighted by atomic mass is 10.3. The van der Waals surface area contributed by atoms with E-state index in [9.17, 15) is 4.79 Å². The molecule has 0 N–H and O–H groups in total. The molecule has 0 unspecified atom stereocenters. The number of carbonyl (C=O) groups is 1. The number of carbonyl (C=O) groups excluding carboxylic acids is 1. The zero-order valence-electron chi connectivity index (χ0n) is 8.43. The molecule has 0 saturated heterocycles. The van der Waals surface area contributed by atoms with Crippen LogP contribution in [0.4, 0.5) is 0 Å². The van der Waals surface area contributed by atoms with Gasteiger partial charge in [0, 0.05) is 0 Å². The van der Waals surface area contributed by atoms with Crippen LogP contribution >= 0.6 is 23.2 Å². The first-order valence-electron chi connectivity index (χ1n) is 4.61. The van der Waals surface area contributed by atoms with E-state index in [0.29, 0.717) is 5.75 Å². The van der Waals surface area contributed by atoms with Crippen LogP contribution < -0.4 is 4.74 Å². The molecule has 0 saturated carbocycles. The number of hydrogen-bond acceptors (Lipinski definition) is 4. The van der Waals surface area contributed by atoms with Crippen LogP contribution in [-0.4, -0.2) is 15.9 Å². The molecule has 1 aromatic carbocycles. The summed E-state index contributed by atoms with van der Waals surface area (Å²) >= 11 is 11.5. The van der Waals surface area contributed by atoms with E-state index in [1.807, 2.05) is 6.07 Å². The van der Waals surface area contributed by atoms with Crippen molar-refractivity contribution >= 4 is 29.2 Å². The molecule has 0 aliphatic rings. The van der Waals surface area contributed by atoms with Gasteiger partial charge in [-0.2, -0.15) is 0 Å². The average Bonchev–Trinajstić information content (AvgIpc) is 2.30. The van der Waals surface area contributed by atoms with E-state index in [-0.39, 0.29) is 15.9 Å². The molecule has 0 radical (unpaired) electrons. The van der Waals surface area contributed by atoms with Crippen LogP contribution in [-0.2, 0) is 0 Å². The third-order valence-corrected chi connectivity index (χ3v) is 2.49. The van der Waals surface area contributed by atoms with Gasteiger partial charge >= 0.3 is 5.97 Å². The van der Waals surface area contributed by atoms with E-state index in [2.05, 4.69) is 9.97 Å². The van der Waals surface area contributed by atoms with Crippen molar-refractivity contribution in [2.24, 2.45) is 0 Å². The molecule has 0 amide bonds. The van der Waals surface area contributed by atoms with Crippen molar-refractivity contribution < 1.29 is 9.53 Å². The summed E-state index contributed by atoms with van der Waals surface area (Å²) in [6, 6.07) is 8.58. The molecule has 0 bridgehead atoms. The minimum atomic E-state index is -0.688. The monoisotopic (exact) mass is 268 g/mol. The zero-order chi connectivity index (χ0) is 12.3. The molecule has 2 rings (SSSR count). The highest BCUT2D eigenvalue weighted by molar-refractivity contribution is 6.37. The number of nitrogens with zero attached hydrogens (tertiary/aromatic N) is 2. The number of aromatic nitrogens is 2. The molecule has 0 aliphatic heterocycles. The van der Waals surface area contributed by atoms with Gasteiger partial charge in [-0.1, -0.05) is 41.4 Å². The number of benzene rings is 1. The molecule has 6 heteroatoms. The van der Waals surface area contributed by atoms with Gasteiger partial charge in [0.2, 0.25) is 0 Å². The third-order valence-electron chi connectivity index (χ3n) is 1.91. The van der Waals surface area contributed by atoms with E-state index < -0.39 is 5.97 Å². The number of hydrogen-bond donors (Lipinski definition) is 0. The van der Waals surface area contributed by atoms with Crippen molar-refractivity contribution in [3.05, 3.63) is 52.5 Å². The Morgan fingerprint density at radius 3 is 2.24 bits per heavy atom. The molecule has 0 fully saturated rings. The summed E-state index contributed by atoms with van der Waals surface area (Å²) < 4.78 is 5.07. The maximum absolute atomic E-state index is 11.8. The van der Waals surface area contributed by atoms with Gasteiger partial charge in [-0.25, -0.2) is 14.8 Å². The topological polar surface area (TPSA) is 52.1 Å². The van der Waals surface area contributed by atoms with Gasteiger partial charge in [-0.05, 0) is 12.1 Å². The number of ether oxygens (including phenoxy) is 1. The fourth-order valence-electron chi connectivity index (χ4n) is 1.16. The van der Waals surface area contributed by atoms with Crippen molar-refractivity contribution in [3.8, 4) is 5.75 Å². The van der Waals surface area contributed by atoms with E-state index in [1.54, 1.807) is 24.3 Å². The highest BCUT2D eigenvalue weighted by Gasteiger charge is 2.18. The van der Waals surface area contributed by atoms with Gasteiger partial charge in [0.05, 0.1) is 0 Å². The van der Waals surface area contributed by atoms with Gasteiger partial charge in [0.15, 0.2) is 0 Å². The Kier molecular flexibility index (Phi) is 3.56. The van der Waals surface area contributed by atoms with Crippen LogP contribution in [0.2, 0.25) is 10.3 Å². The van der Waals surface area contributed by atoms with E-state index in [4.69, 9.17) is 27.9 Å². The first kappa shape index (κ1) is 11.8.